The highest BCUT2D eigenvalue weighted by molar-refractivity contribution is 7.93. The van der Waals surface area contributed by atoms with Gasteiger partial charge in [0.05, 0.1) is 15.6 Å². The Bertz CT molecular complexity index is 922. The molecule has 0 fully saturated rings. The lowest BCUT2D eigenvalue weighted by atomic mass is 10.2. The average Bonchev–Trinajstić information content (AvgIpc) is 2.46. The van der Waals surface area contributed by atoms with Crippen LogP contribution in [-0.2, 0) is 10.0 Å². The zero-order valence-corrected chi connectivity index (χ0v) is 14.8. The quantitative estimate of drug-likeness (QED) is 0.614. The number of aryl methyl sites for hydroxylation is 1. The Morgan fingerprint density at radius 3 is 2.42 bits per heavy atom. The van der Waals surface area contributed by atoms with Gasteiger partial charge in [0.15, 0.2) is 0 Å². The average molecular weight is 393 g/mol. The molecule has 1 N–H and O–H groups in total. The van der Waals surface area contributed by atoms with E-state index < -0.39 is 26.5 Å². The molecular formula is C14H11Cl2FN2O4S. The number of nitro benzene ring substituents is 1. The van der Waals surface area contributed by atoms with E-state index in [9.17, 15) is 22.9 Å². The van der Waals surface area contributed by atoms with E-state index in [1.807, 2.05) is 0 Å². The topological polar surface area (TPSA) is 89.3 Å². The molecule has 2 rings (SSSR count). The molecule has 0 unspecified atom stereocenters. The summed E-state index contributed by atoms with van der Waals surface area (Å²) in [6.07, 6.45) is 0. The van der Waals surface area contributed by atoms with E-state index in [1.54, 1.807) is 6.92 Å². The van der Waals surface area contributed by atoms with Crippen molar-refractivity contribution in [2.24, 2.45) is 0 Å². The number of nitrogens with one attached hydrogen (secondary N) is 1. The van der Waals surface area contributed by atoms with Crippen LogP contribution in [0.15, 0.2) is 29.2 Å². The maximum Gasteiger partial charge on any atom is 0.306 e. The fourth-order valence-electron chi connectivity index (χ4n) is 2.06. The van der Waals surface area contributed by atoms with Crippen LogP contribution in [0.2, 0.25) is 10.0 Å². The summed E-state index contributed by atoms with van der Waals surface area (Å²) < 4.78 is 40.7. The molecule has 0 heterocycles. The predicted molar refractivity (Wildman–Crippen MR) is 89.8 cm³/mol. The van der Waals surface area contributed by atoms with Crippen LogP contribution in [0.5, 0.6) is 0 Å². The second-order valence-electron chi connectivity index (χ2n) is 4.97. The maximum atomic E-state index is 13.4. The molecular weight excluding hydrogens is 382 g/mol. The zero-order chi connectivity index (χ0) is 18.2. The molecule has 0 bridgehead atoms. The molecule has 0 amide bonds. The zero-order valence-electron chi connectivity index (χ0n) is 12.4. The Morgan fingerprint density at radius 1 is 1.21 bits per heavy atom. The van der Waals surface area contributed by atoms with Crippen molar-refractivity contribution in [3.05, 3.63) is 61.4 Å². The minimum absolute atomic E-state index is 0.0130. The summed E-state index contributed by atoms with van der Waals surface area (Å²) in [5.41, 5.74) is -0.328. The molecule has 10 heteroatoms. The van der Waals surface area contributed by atoms with E-state index in [-0.39, 0.29) is 26.2 Å². The van der Waals surface area contributed by atoms with Crippen LogP contribution in [0, 0.1) is 29.8 Å². The molecule has 0 aliphatic heterocycles. The van der Waals surface area contributed by atoms with Gasteiger partial charge in [-0.25, -0.2) is 8.42 Å². The van der Waals surface area contributed by atoms with Crippen molar-refractivity contribution in [1.82, 2.24) is 0 Å². The van der Waals surface area contributed by atoms with Gasteiger partial charge in [0, 0.05) is 11.1 Å². The highest BCUT2D eigenvalue weighted by Gasteiger charge is 2.25. The van der Waals surface area contributed by atoms with Gasteiger partial charge in [0.2, 0.25) is 5.82 Å². The van der Waals surface area contributed by atoms with Crippen LogP contribution >= 0.6 is 23.2 Å². The highest BCUT2D eigenvalue weighted by atomic mass is 35.5. The van der Waals surface area contributed by atoms with Crippen molar-refractivity contribution >= 4 is 44.6 Å². The van der Waals surface area contributed by atoms with Gasteiger partial charge in [0.1, 0.15) is 4.90 Å². The lowest BCUT2D eigenvalue weighted by Gasteiger charge is -2.14. The molecule has 0 aliphatic carbocycles. The highest BCUT2D eigenvalue weighted by Crippen LogP contribution is 2.34. The molecule has 0 saturated heterocycles. The second-order valence-corrected chi connectivity index (χ2v) is 7.38. The first-order valence-electron chi connectivity index (χ1n) is 6.46. The van der Waals surface area contributed by atoms with Gasteiger partial charge in [-0.05, 0) is 43.2 Å². The summed E-state index contributed by atoms with van der Waals surface area (Å²) in [6.45, 7) is 3.07. The van der Waals surface area contributed by atoms with Gasteiger partial charge >= 0.3 is 5.69 Å². The minimum atomic E-state index is -4.19. The SMILES string of the molecule is Cc1cc(Cl)c(C)c(S(=O)(=O)Nc2ccc(F)c([N+](=O)[O-])c2)c1Cl. The number of hydrogen-bond acceptors (Lipinski definition) is 4. The van der Waals surface area contributed by atoms with Gasteiger partial charge in [0.25, 0.3) is 10.0 Å². The first kappa shape index (κ1) is 18.4. The largest absolute Gasteiger partial charge is 0.306 e. The molecule has 0 aromatic heterocycles. The summed E-state index contributed by atoms with van der Waals surface area (Å²) in [5, 5.41) is 11.0. The van der Waals surface area contributed by atoms with E-state index in [0.29, 0.717) is 5.56 Å². The van der Waals surface area contributed by atoms with Crippen LogP contribution < -0.4 is 4.72 Å². The Labute approximate surface area is 147 Å². The number of hydrogen-bond donors (Lipinski definition) is 1. The fourth-order valence-corrected chi connectivity index (χ4v) is 4.32. The number of sulfonamides is 1. The summed E-state index contributed by atoms with van der Waals surface area (Å²) in [4.78, 5) is 9.57. The van der Waals surface area contributed by atoms with Gasteiger partial charge < -0.3 is 0 Å². The van der Waals surface area contributed by atoms with E-state index in [1.165, 1.54) is 13.0 Å². The van der Waals surface area contributed by atoms with E-state index in [4.69, 9.17) is 23.2 Å². The smallest absolute Gasteiger partial charge is 0.279 e. The third kappa shape index (κ3) is 3.45. The molecule has 0 aliphatic rings. The number of anilines is 1. The molecule has 0 spiro atoms. The molecule has 2 aromatic carbocycles. The Kier molecular flexibility index (Phi) is 5.03. The van der Waals surface area contributed by atoms with E-state index >= 15 is 0 Å². The Hall–Kier alpha value is -1.90. The van der Waals surface area contributed by atoms with Gasteiger partial charge in [-0.3, -0.25) is 14.8 Å². The molecule has 24 heavy (non-hydrogen) atoms. The number of benzene rings is 2. The minimum Gasteiger partial charge on any atom is -0.279 e. The first-order chi connectivity index (χ1) is 11.0. The number of nitrogens with zero attached hydrogens (tertiary/aromatic N) is 1. The molecule has 2 aromatic rings. The molecule has 0 radical (unpaired) electrons. The van der Waals surface area contributed by atoms with E-state index in [0.717, 1.165) is 18.2 Å². The van der Waals surface area contributed by atoms with Crippen molar-refractivity contribution in [2.75, 3.05) is 4.72 Å². The fraction of sp³-hybridized carbons (Fsp3) is 0.143. The van der Waals surface area contributed by atoms with Gasteiger partial charge in [-0.2, -0.15) is 4.39 Å². The summed E-state index contributed by atoms with van der Waals surface area (Å²) in [6, 6.07) is 4.18. The van der Waals surface area contributed by atoms with Crippen LogP contribution in [0.4, 0.5) is 15.8 Å². The molecule has 0 atom stereocenters. The summed E-state index contributed by atoms with van der Waals surface area (Å²) >= 11 is 12.1. The monoisotopic (exact) mass is 392 g/mol. The number of rotatable bonds is 4. The van der Waals surface area contributed by atoms with Gasteiger partial charge in [-0.15, -0.1) is 0 Å². The van der Waals surface area contributed by atoms with Crippen molar-refractivity contribution in [1.29, 1.82) is 0 Å². The number of nitro groups is 1. The Balaban J connectivity index is 2.55. The normalized spacial score (nSPS) is 11.4. The third-order valence-corrected chi connectivity index (χ3v) is 5.80. The third-order valence-electron chi connectivity index (χ3n) is 3.25. The summed E-state index contributed by atoms with van der Waals surface area (Å²) in [7, 11) is -4.19. The molecule has 128 valence electrons. The van der Waals surface area contributed by atoms with Crippen LogP contribution in [-0.4, -0.2) is 13.3 Å². The number of halogens is 3. The van der Waals surface area contributed by atoms with Crippen molar-refractivity contribution in [3.63, 3.8) is 0 Å². The first-order valence-corrected chi connectivity index (χ1v) is 8.70. The molecule has 0 saturated carbocycles. The standard InChI is InChI=1S/C14H11Cl2FN2O4S/c1-7-5-10(15)8(2)14(13(7)16)24(22,23)18-9-3-4-11(17)12(6-9)19(20)21/h3-6,18H,1-2H3. The maximum absolute atomic E-state index is 13.4. The lowest BCUT2D eigenvalue weighted by Crippen LogP contribution is -2.16. The van der Waals surface area contributed by atoms with E-state index in [2.05, 4.69) is 4.72 Å². The van der Waals surface area contributed by atoms with Crippen LogP contribution in [0.1, 0.15) is 11.1 Å². The van der Waals surface area contributed by atoms with Crippen LogP contribution in [0.25, 0.3) is 0 Å². The lowest BCUT2D eigenvalue weighted by molar-refractivity contribution is -0.387. The Morgan fingerprint density at radius 2 is 1.83 bits per heavy atom. The van der Waals surface area contributed by atoms with Crippen molar-refractivity contribution in [2.45, 2.75) is 18.7 Å². The summed E-state index contributed by atoms with van der Waals surface area (Å²) in [5.74, 6) is -1.07. The van der Waals surface area contributed by atoms with Crippen LogP contribution in [0.3, 0.4) is 0 Å². The van der Waals surface area contributed by atoms with Crippen molar-refractivity contribution < 1.29 is 17.7 Å². The molecule has 6 nitrogen and oxygen atoms in total. The second kappa shape index (κ2) is 6.54. The predicted octanol–water partition coefficient (Wildman–Crippen LogP) is 4.46. The van der Waals surface area contributed by atoms with Crippen molar-refractivity contribution in [3.8, 4) is 0 Å². The van der Waals surface area contributed by atoms with Gasteiger partial charge in [-0.1, -0.05) is 23.2 Å².